The summed E-state index contributed by atoms with van der Waals surface area (Å²) in [6.45, 7) is 0. The van der Waals surface area contributed by atoms with Gasteiger partial charge in [-0.2, -0.15) is 13.2 Å². The molecule has 2 aromatic heterocycles. The Bertz CT molecular complexity index is 1050. The van der Waals surface area contributed by atoms with Crippen LogP contribution in [-0.4, -0.2) is 44.5 Å². The molecule has 1 aromatic carbocycles. The molecular formula is C18H14F3N5O3S. The number of thioether (sulfide) groups is 1. The van der Waals surface area contributed by atoms with Gasteiger partial charge in [0.2, 0.25) is 5.91 Å². The molecule has 0 radical (unpaired) electrons. The highest BCUT2D eigenvalue weighted by Crippen LogP contribution is 2.34. The van der Waals surface area contributed by atoms with Crippen LogP contribution in [0.4, 0.5) is 18.9 Å². The minimum Gasteiger partial charge on any atom is -0.464 e. The first-order valence-corrected chi connectivity index (χ1v) is 9.32. The number of aromatic nitrogens is 4. The van der Waals surface area contributed by atoms with E-state index >= 15 is 0 Å². The Morgan fingerprint density at radius 2 is 1.93 bits per heavy atom. The molecule has 2 heterocycles. The number of imidazole rings is 1. The number of benzene rings is 1. The van der Waals surface area contributed by atoms with Gasteiger partial charge in [0, 0.05) is 6.20 Å². The molecule has 0 atom stereocenters. The van der Waals surface area contributed by atoms with Gasteiger partial charge in [0.15, 0.2) is 11.5 Å². The zero-order chi connectivity index (χ0) is 21.7. The van der Waals surface area contributed by atoms with Gasteiger partial charge >= 0.3 is 12.1 Å². The molecule has 0 saturated heterocycles. The molecule has 156 valence electrons. The summed E-state index contributed by atoms with van der Waals surface area (Å²) in [7, 11) is 1.24. The van der Waals surface area contributed by atoms with Crippen molar-refractivity contribution >= 4 is 29.3 Å². The third kappa shape index (κ3) is 5.14. The standard InChI is InChI=1S/C18H14F3N5O3S/c1-29-17(28)13-8-26(10-22-13)14-6-7-16(25-24-14)30-9-15(27)23-12-5-3-2-4-11(12)18(19,20)21/h2-8,10H,9H2,1H3,(H,23,27). The van der Waals surface area contributed by atoms with Gasteiger partial charge in [0.1, 0.15) is 11.4 Å². The number of halogens is 3. The average molecular weight is 437 g/mol. The highest BCUT2D eigenvalue weighted by Gasteiger charge is 2.33. The number of rotatable bonds is 6. The number of nitrogens with zero attached hydrogens (tertiary/aromatic N) is 4. The largest absolute Gasteiger partial charge is 0.464 e. The molecule has 1 amide bonds. The van der Waals surface area contributed by atoms with Crippen molar-refractivity contribution in [1.82, 2.24) is 19.7 Å². The highest BCUT2D eigenvalue weighted by atomic mass is 32.2. The maximum Gasteiger partial charge on any atom is 0.418 e. The molecule has 0 bridgehead atoms. The molecule has 1 N–H and O–H groups in total. The van der Waals surface area contributed by atoms with E-state index in [9.17, 15) is 22.8 Å². The summed E-state index contributed by atoms with van der Waals surface area (Å²) in [6.07, 6.45) is -1.78. The molecule has 0 fully saturated rings. The highest BCUT2D eigenvalue weighted by molar-refractivity contribution is 7.99. The minimum absolute atomic E-state index is 0.105. The number of anilines is 1. The van der Waals surface area contributed by atoms with Crippen molar-refractivity contribution in [2.75, 3.05) is 18.2 Å². The van der Waals surface area contributed by atoms with Crippen molar-refractivity contribution in [1.29, 1.82) is 0 Å². The number of amides is 1. The summed E-state index contributed by atoms with van der Waals surface area (Å²) in [5, 5.41) is 10.6. The number of para-hydroxylation sites is 1. The molecule has 0 unspecified atom stereocenters. The molecule has 0 aliphatic rings. The van der Waals surface area contributed by atoms with Gasteiger partial charge in [-0.1, -0.05) is 23.9 Å². The number of hydrogen-bond donors (Lipinski definition) is 1. The van der Waals surface area contributed by atoms with E-state index in [0.717, 1.165) is 17.8 Å². The van der Waals surface area contributed by atoms with E-state index < -0.39 is 23.6 Å². The molecule has 0 aliphatic carbocycles. The van der Waals surface area contributed by atoms with Crippen LogP contribution in [0.2, 0.25) is 0 Å². The van der Waals surface area contributed by atoms with Crippen LogP contribution in [0, 0.1) is 0 Å². The third-order valence-electron chi connectivity index (χ3n) is 3.73. The summed E-state index contributed by atoms with van der Waals surface area (Å²) in [6, 6.07) is 7.92. The molecule has 0 spiro atoms. The second kappa shape index (κ2) is 8.95. The van der Waals surface area contributed by atoms with Gasteiger partial charge in [0.25, 0.3) is 0 Å². The van der Waals surface area contributed by atoms with E-state index in [1.165, 1.54) is 42.4 Å². The van der Waals surface area contributed by atoms with Crippen molar-refractivity contribution in [2.45, 2.75) is 11.2 Å². The number of alkyl halides is 3. The van der Waals surface area contributed by atoms with Gasteiger partial charge < -0.3 is 10.1 Å². The smallest absolute Gasteiger partial charge is 0.418 e. The SMILES string of the molecule is COC(=O)c1cn(-c2ccc(SCC(=O)Nc3ccccc3C(F)(F)F)nn2)cn1. The third-order valence-corrected chi connectivity index (χ3v) is 4.65. The van der Waals surface area contributed by atoms with E-state index in [1.807, 2.05) is 0 Å². The summed E-state index contributed by atoms with van der Waals surface area (Å²) < 4.78 is 45.0. The fourth-order valence-corrected chi connectivity index (χ4v) is 2.96. The molecule has 3 rings (SSSR count). The Labute approximate surface area is 172 Å². The lowest BCUT2D eigenvalue weighted by Crippen LogP contribution is -2.18. The Morgan fingerprint density at radius 1 is 1.17 bits per heavy atom. The van der Waals surface area contributed by atoms with Gasteiger partial charge in [0.05, 0.1) is 24.1 Å². The maximum absolute atomic E-state index is 13.0. The Kier molecular flexibility index (Phi) is 6.35. The van der Waals surface area contributed by atoms with Gasteiger partial charge in [-0.15, -0.1) is 10.2 Å². The fourth-order valence-electron chi connectivity index (χ4n) is 2.35. The van der Waals surface area contributed by atoms with Gasteiger partial charge in [-0.3, -0.25) is 9.36 Å². The van der Waals surface area contributed by atoms with E-state index in [1.54, 1.807) is 12.1 Å². The second-order valence-electron chi connectivity index (χ2n) is 5.77. The van der Waals surface area contributed by atoms with E-state index in [0.29, 0.717) is 10.8 Å². The first-order chi connectivity index (χ1) is 14.3. The second-order valence-corrected chi connectivity index (χ2v) is 6.76. The molecule has 3 aromatic rings. The number of ether oxygens (including phenoxy) is 1. The summed E-state index contributed by atoms with van der Waals surface area (Å²) in [5.74, 6) is -0.977. The van der Waals surface area contributed by atoms with Crippen LogP contribution in [0.25, 0.3) is 5.82 Å². The quantitative estimate of drug-likeness (QED) is 0.467. The van der Waals surface area contributed by atoms with Crippen molar-refractivity contribution in [3.05, 3.63) is 60.2 Å². The van der Waals surface area contributed by atoms with Crippen molar-refractivity contribution < 1.29 is 27.5 Å². The topological polar surface area (TPSA) is 99.0 Å². The number of carbonyl (C=O) groups is 2. The lowest BCUT2D eigenvalue weighted by Gasteiger charge is -2.13. The van der Waals surface area contributed by atoms with E-state index in [4.69, 9.17) is 0 Å². The predicted molar refractivity (Wildman–Crippen MR) is 101 cm³/mol. The van der Waals surface area contributed by atoms with E-state index in [2.05, 4.69) is 25.2 Å². The maximum atomic E-state index is 13.0. The number of methoxy groups -OCH3 is 1. The molecule has 0 saturated carbocycles. The Morgan fingerprint density at radius 3 is 2.60 bits per heavy atom. The normalized spacial score (nSPS) is 11.2. The Hall–Kier alpha value is -3.41. The van der Waals surface area contributed by atoms with Crippen LogP contribution >= 0.6 is 11.8 Å². The number of nitrogens with one attached hydrogen (secondary N) is 1. The fraction of sp³-hybridized carbons (Fsp3) is 0.167. The van der Waals surface area contributed by atoms with Crippen LogP contribution in [0.5, 0.6) is 0 Å². The van der Waals surface area contributed by atoms with Crippen molar-refractivity contribution in [3.63, 3.8) is 0 Å². The van der Waals surface area contributed by atoms with Crippen LogP contribution in [0.15, 0.2) is 53.9 Å². The zero-order valence-electron chi connectivity index (χ0n) is 15.4. The summed E-state index contributed by atoms with van der Waals surface area (Å²) in [5.41, 5.74) is -1.12. The lowest BCUT2D eigenvalue weighted by atomic mass is 10.1. The Balaban J connectivity index is 1.60. The first-order valence-electron chi connectivity index (χ1n) is 8.33. The van der Waals surface area contributed by atoms with Crippen LogP contribution in [0.1, 0.15) is 16.1 Å². The number of carbonyl (C=O) groups excluding carboxylic acids is 2. The van der Waals surface area contributed by atoms with Gasteiger partial charge in [-0.05, 0) is 24.3 Å². The van der Waals surface area contributed by atoms with Crippen molar-refractivity contribution in [3.8, 4) is 5.82 Å². The molecule has 8 nitrogen and oxygen atoms in total. The molecule has 30 heavy (non-hydrogen) atoms. The van der Waals surface area contributed by atoms with Crippen LogP contribution in [-0.2, 0) is 15.7 Å². The van der Waals surface area contributed by atoms with Crippen LogP contribution in [0.3, 0.4) is 0 Å². The monoisotopic (exact) mass is 437 g/mol. The number of hydrogen-bond acceptors (Lipinski definition) is 7. The van der Waals surface area contributed by atoms with Crippen LogP contribution < -0.4 is 5.32 Å². The molecule has 0 aliphatic heterocycles. The molecular weight excluding hydrogens is 423 g/mol. The summed E-state index contributed by atoms with van der Waals surface area (Å²) >= 11 is 1.01. The van der Waals surface area contributed by atoms with Crippen molar-refractivity contribution in [2.24, 2.45) is 0 Å². The summed E-state index contributed by atoms with van der Waals surface area (Å²) in [4.78, 5) is 27.4. The lowest BCUT2D eigenvalue weighted by molar-refractivity contribution is -0.137. The zero-order valence-corrected chi connectivity index (χ0v) is 16.2. The minimum atomic E-state index is -4.57. The molecule has 12 heteroatoms. The average Bonchev–Trinajstić information content (AvgIpc) is 3.22. The predicted octanol–water partition coefficient (Wildman–Crippen LogP) is 3.20. The first kappa shape index (κ1) is 21.3. The van der Waals surface area contributed by atoms with Gasteiger partial charge in [-0.25, -0.2) is 9.78 Å². The number of esters is 1. The van der Waals surface area contributed by atoms with E-state index in [-0.39, 0.29) is 17.1 Å².